The molecule has 9 heteroatoms. The second-order valence-electron chi connectivity index (χ2n) is 13.6. The van der Waals surface area contributed by atoms with Gasteiger partial charge >= 0.3 is 0 Å². The van der Waals surface area contributed by atoms with Crippen molar-refractivity contribution in [1.82, 2.24) is 5.32 Å². The first-order chi connectivity index (χ1) is 22.0. The van der Waals surface area contributed by atoms with Gasteiger partial charge in [0.25, 0.3) is 7.82 Å². The largest absolute Gasteiger partial charge is 0.756 e. The number of unbranched alkanes of at least 4 members (excludes halogenated alkanes) is 15. The molecule has 0 spiro atoms. The van der Waals surface area contributed by atoms with Crippen LogP contribution in [0.5, 0.6) is 0 Å². The number of carbonyl (C=O) groups excluding carboxylic acids is 1. The molecule has 0 radical (unpaired) electrons. The van der Waals surface area contributed by atoms with Gasteiger partial charge in [-0.3, -0.25) is 9.36 Å². The quantitative estimate of drug-likeness (QED) is 0.0321. The summed E-state index contributed by atoms with van der Waals surface area (Å²) < 4.78 is 23.0. The van der Waals surface area contributed by atoms with Gasteiger partial charge in [-0.1, -0.05) is 127 Å². The summed E-state index contributed by atoms with van der Waals surface area (Å²) in [6, 6.07) is -0.902. The van der Waals surface area contributed by atoms with Crippen molar-refractivity contribution in [2.24, 2.45) is 0 Å². The van der Waals surface area contributed by atoms with Crippen molar-refractivity contribution < 1.29 is 32.9 Å². The highest BCUT2D eigenvalue weighted by Crippen LogP contribution is 2.38. The number of nitrogens with zero attached hydrogens (tertiary/aromatic N) is 1. The fourth-order valence-corrected chi connectivity index (χ4v) is 5.55. The molecule has 0 fully saturated rings. The van der Waals surface area contributed by atoms with E-state index in [9.17, 15) is 19.4 Å². The molecule has 0 heterocycles. The van der Waals surface area contributed by atoms with Gasteiger partial charge in [0, 0.05) is 6.42 Å². The number of hydrogen-bond acceptors (Lipinski definition) is 6. The Morgan fingerprint density at radius 2 is 1.22 bits per heavy atom. The number of quaternary nitrogens is 1. The van der Waals surface area contributed by atoms with E-state index >= 15 is 0 Å². The molecule has 270 valence electrons. The first kappa shape index (κ1) is 44.7. The highest BCUT2D eigenvalue weighted by molar-refractivity contribution is 7.45. The van der Waals surface area contributed by atoms with E-state index in [-0.39, 0.29) is 12.5 Å². The predicted molar refractivity (Wildman–Crippen MR) is 191 cm³/mol. The molecule has 2 N–H and O–H groups in total. The molecule has 46 heavy (non-hydrogen) atoms. The topological polar surface area (TPSA) is 108 Å². The van der Waals surface area contributed by atoms with Crippen LogP contribution in [-0.4, -0.2) is 68.5 Å². The zero-order valence-electron chi connectivity index (χ0n) is 30.3. The summed E-state index contributed by atoms with van der Waals surface area (Å²) in [5, 5.41) is 13.6. The van der Waals surface area contributed by atoms with Crippen LogP contribution >= 0.6 is 7.82 Å². The van der Waals surface area contributed by atoms with Crippen LogP contribution < -0.4 is 10.2 Å². The van der Waals surface area contributed by atoms with Gasteiger partial charge in [0.1, 0.15) is 13.2 Å². The third-order valence-electron chi connectivity index (χ3n) is 7.83. The normalized spacial score (nSPS) is 15.2. The zero-order valence-corrected chi connectivity index (χ0v) is 31.2. The first-order valence-corrected chi connectivity index (χ1v) is 19.8. The van der Waals surface area contributed by atoms with Gasteiger partial charge in [-0.2, -0.15) is 0 Å². The van der Waals surface area contributed by atoms with Crippen LogP contribution in [0, 0.1) is 0 Å². The van der Waals surface area contributed by atoms with E-state index in [1.807, 2.05) is 27.2 Å². The maximum atomic E-state index is 12.7. The Kier molecular flexibility index (Phi) is 29.0. The number of phosphoric ester groups is 1. The monoisotopic (exact) mass is 671 g/mol. The summed E-state index contributed by atoms with van der Waals surface area (Å²) in [6.07, 6.45) is 33.3. The number of amides is 1. The molecule has 0 aliphatic rings. The van der Waals surface area contributed by atoms with Crippen molar-refractivity contribution in [1.29, 1.82) is 0 Å². The molecule has 0 aromatic carbocycles. The van der Waals surface area contributed by atoms with Crippen LogP contribution in [0.15, 0.2) is 36.5 Å². The highest BCUT2D eigenvalue weighted by Gasteiger charge is 2.23. The van der Waals surface area contributed by atoms with Crippen LogP contribution in [0.3, 0.4) is 0 Å². The number of aliphatic hydroxyl groups is 1. The van der Waals surface area contributed by atoms with Gasteiger partial charge in [0.15, 0.2) is 0 Å². The molecule has 0 saturated heterocycles. The summed E-state index contributed by atoms with van der Waals surface area (Å²) in [7, 11) is 1.23. The molecular formula is C37H71N2O6P. The summed E-state index contributed by atoms with van der Waals surface area (Å²) in [4.78, 5) is 25.1. The number of phosphoric acid groups is 1. The molecule has 0 aliphatic carbocycles. The second kappa shape index (κ2) is 29.8. The van der Waals surface area contributed by atoms with Gasteiger partial charge < -0.3 is 28.8 Å². The smallest absolute Gasteiger partial charge is 0.268 e. The summed E-state index contributed by atoms with van der Waals surface area (Å²) in [5.74, 6) is -0.217. The maximum Gasteiger partial charge on any atom is 0.268 e. The van der Waals surface area contributed by atoms with Crippen LogP contribution in [0.1, 0.15) is 142 Å². The summed E-state index contributed by atoms with van der Waals surface area (Å²) in [6.45, 7) is 4.54. The minimum Gasteiger partial charge on any atom is -0.756 e. The lowest BCUT2D eigenvalue weighted by Crippen LogP contribution is -2.45. The van der Waals surface area contributed by atoms with Gasteiger partial charge in [0.2, 0.25) is 5.91 Å². The van der Waals surface area contributed by atoms with Gasteiger partial charge in [-0.15, -0.1) is 0 Å². The van der Waals surface area contributed by atoms with Crippen LogP contribution in [0.2, 0.25) is 0 Å². The van der Waals surface area contributed by atoms with Gasteiger partial charge in [-0.25, -0.2) is 0 Å². The van der Waals surface area contributed by atoms with E-state index in [1.54, 1.807) is 6.08 Å². The van der Waals surface area contributed by atoms with Crippen LogP contribution in [0.4, 0.5) is 0 Å². The second-order valence-corrected chi connectivity index (χ2v) is 15.0. The van der Waals surface area contributed by atoms with Crippen molar-refractivity contribution in [2.75, 3.05) is 40.9 Å². The molecule has 3 atom stereocenters. The fourth-order valence-electron chi connectivity index (χ4n) is 4.83. The van der Waals surface area contributed by atoms with Crippen molar-refractivity contribution in [3.63, 3.8) is 0 Å². The Morgan fingerprint density at radius 1 is 0.739 bits per heavy atom. The average Bonchev–Trinajstić information content (AvgIpc) is 2.99. The number of rotatable bonds is 32. The number of hydrogen-bond donors (Lipinski definition) is 2. The number of nitrogens with one attached hydrogen (secondary N) is 1. The molecule has 0 aliphatic heterocycles. The zero-order chi connectivity index (χ0) is 34.4. The van der Waals surface area contributed by atoms with Crippen molar-refractivity contribution in [3.8, 4) is 0 Å². The summed E-state index contributed by atoms with van der Waals surface area (Å²) >= 11 is 0. The Balaban J connectivity index is 4.66. The molecule has 1 amide bonds. The van der Waals surface area contributed by atoms with Gasteiger partial charge in [0.05, 0.1) is 39.9 Å². The van der Waals surface area contributed by atoms with E-state index in [4.69, 9.17) is 9.05 Å². The minimum absolute atomic E-state index is 0.00855. The Morgan fingerprint density at radius 3 is 1.76 bits per heavy atom. The standard InChI is InChI=1S/C37H71N2O6P/c1-6-8-10-12-14-16-18-19-21-22-24-26-28-30-36(40)35(34-45-46(42,43)44-33-32-39(3,4)5)38-37(41)31-29-27-25-23-20-17-15-13-11-9-7-2/h14,16,21-22,28,30,35-36,40H,6-13,15,17-20,23-27,29,31-34H2,1-5H3,(H-,38,41,42,43)/b16-14+,22-21+,30-28+. The number of allylic oxidation sites excluding steroid dienone is 5. The Bertz CT molecular complexity index is 855. The molecular weight excluding hydrogens is 599 g/mol. The summed E-state index contributed by atoms with van der Waals surface area (Å²) in [5.41, 5.74) is 0. The van der Waals surface area contributed by atoms with E-state index < -0.39 is 26.6 Å². The van der Waals surface area contributed by atoms with E-state index in [2.05, 4.69) is 43.5 Å². The van der Waals surface area contributed by atoms with E-state index in [0.717, 1.165) is 51.4 Å². The lowest BCUT2D eigenvalue weighted by Gasteiger charge is -2.29. The maximum absolute atomic E-state index is 12.7. The van der Waals surface area contributed by atoms with Crippen molar-refractivity contribution in [2.45, 2.75) is 154 Å². The molecule has 3 unspecified atom stereocenters. The molecule has 0 saturated carbocycles. The number of carbonyl (C=O) groups is 1. The molecule has 0 bridgehead atoms. The molecule has 0 rings (SSSR count). The Labute approximate surface area is 283 Å². The molecule has 8 nitrogen and oxygen atoms in total. The number of aliphatic hydroxyl groups excluding tert-OH is 1. The molecule has 0 aromatic rings. The van der Waals surface area contributed by atoms with E-state index in [1.165, 1.54) is 70.6 Å². The molecule has 0 aromatic heterocycles. The van der Waals surface area contributed by atoms with Crippen molar-refractivity contribution >= 4 is 13.7 Å². The fraction of sp³-hybridized carbons (Fsp3) is 0.811. The third-order valence-corrected chi connectivity index (χ3v) is 8.79. The lowest BCUT2D eigenvalue weighted by atomic mass is 10.0. The average molecular weight is 671 g/mol. The predicted octanol–water partition coefficient (Wildman–Crippen LogP) is 8.55. The first-order valence-electron chi connectivity index (χ1n) is 18.4. The van der Waals surface area contributed by atoms with Crippen LogP contribution in [0.25, 0.3) is 0 Å². The highest BCUT2D eigenvalue weighted by atomic mass is 31.2. The third kappa shape index (κ3) is 31.3. The minimum atomic E-state index is -4.58. The Hall–Kier alpha value is -1.28. The number of likely N-dealkylation sites (N-methyl/N-ethyl adjacent to an activating group) is 1. The van der Waals surface area contributed by atoms with E-state index in [0.29, 0.717) is 17.4 Å². The SMILES string of the molecule is CCCCC/C=C/CC/C=C/CC/C=C/C(O)C(COP(=O)([O-])OCC[N+](C)(C)C)NC(=O)CCCCCCCCCCCCC. The van der Waals surface area contributed by atoms with Crippen LogP contribution in [-0.2, 0) is 18.4 Å². The lowest BCUT2D eigenvalue weighted by molar-refractivity contribution is -0.870. The van der Waals surface area contributed by atoms with Crippen molar-refractivity contribution in [3.05, 3.63) is 36.5 Å². The van der Waals surface area contributed by atoms with Gasteiger partial charge in [-0.05, 0) is 44.9 Å².